The van der Waals surface area contributed by atoms with Crippen LogP contribution in [0.15, 0.2) is 24.3 Å². The minimum atomic E-state index is -2.12. The molecule has 2 aliphatic heterocycles. The largest absolute Gasteiger partial charge is 0.479 e. The lowest BCUT2D eigenvalue weighted by Crippen LogP contribution is -2.71. The van der Waals surface area contributed by atoms with Crippen LogP contribution in [0.5, 0.6) is 0 Å². The van der Waals surface area contributed by atoms with Crippen molar-refractivity contribution in [1.82, 2.24) is 4.90 Å². The minimum absolute atomic E-state index is 0.0212. The Balaban J connectivity index is 1.86. The molecule has 1 amide bonds. The van der Waals surface area contributed by atoms with Crippen molar-refractivity contribution in [2.24, 2.45) is 5.92 Å². The van der Waals surface area contributed by atoms with Gasteiger partial charge in [-0.3, -0.25) is 14.9 Å². The van der Waals surface area contributed by atoms with Gasteiger partial charge < -0.3 is 14.4 Å². The minimum Gasteiger partial charge on any atom is -0.479 e. The molecule has 3 rings (SSSR count). The zero-order valence-electron chi connectivity index (χ0n) is 18.9. The molecule has 2 unspecified atom stereocenters. The van der Waals surface area contributed by atoms with Gasteiger partial charge in [0.15, 0.2) is 13.9 Å². The number of thioether (sulfide) groups is 1. The molecule has 2 saturated heterocycles. The van der Waals surface area contributed by atoms with Crippen molar-refractivity contribution in [2.45, 2.75) is 69.3 Å². The Bertz CT molecular complexity index is 977. The van der Waals surface area contributed by atoms with Gasteiger partial charge in [-0.1, -0.05) is 56.9 Å². The lowest BCUT2D eigenvalue weighted by molar-refractivity contribution is -0.384. The second kappa shape index (κ2) is 8.19. The van der Waals surface area contributed by atoms with E-state index in [1.54, 1.807) is 0 Å². The molecule has 8 nitrogen and oxygen atoms in total. The first-order valence-electron chi connectivity index (χ1n) is 10.3. The molecule has 1 N–H and O–H groups in total. The van der Waals surface area contributed by atoms with Gasteiger partial charge >= 0.3 is 5.97 Å². The summed E-state index contributed by atoms with van der Waals surface area (Å²) in [6.07, 6.45) is -0.401. The van der Waals surface area contributed by atoms with Crippen LogP contribution < -0.4 is 0 Å². The number of carboxylic acids is 1. The first-order chi connectivity index (χ1) is 14.6. The first-order valence-corrected chi connectivity index (χ1v) is 14.5. The van der Waals surface area contributed by atoms with E-state index < -0.39 is 36.0 Å². The highest BCUT2D eigenvalue weighted by atomic mass is 32.2. The van der Waals surface area contributed by atoms with Crippen molar-refractivity contribution in [3.63, 3.8) is 0 Å². The van der Waals surface area contributed by atoms with Crippen LogP contribution in [0, 0.1) is 16.0 Å². The average Bonchev–Trinajstić information content (AvgIpc) is 2.90. The number of carbonyl (C=O) groups excluding carboxylic acids is 1. The lowest BCUT2D eigenvalue weighted by Gasteiger charge is -2.51. The second-order valence-corrected chi connectivity index (χ2v) is 16.4. The van der Waals surface area contributed by atoms with E-state index in [0.717, 1.165) is 0 Å². The van der Waals surface area contributed by atoms with E-state index in [1.807, 2.05) is 6.92 Å². The topological polar surface area (TPSA) is 110 Å². The van der Waals surface area contributed by atoms with E-state index in [9.17, 15) is 24.8 Å². The van der Waals surface area contributed by atoms with Crippen LogP contribution in [-0.2, 0) is 20.4 Å². The number of aliphatic carboxylic acids is 1. The number of nitrogens with zero attached hydrogens (tertiary/aromatic N) is 2. The van der Waals surface area contributed by atoms with Crippen molar-refractivity contribution in [1.29, 1.82) is 0 Å². The average molecular weight is 497 g/mol. The van der Waals surface area contributed by atoms with Crippen molar-refractivity contribution in [2.75, 3.05) is 0 Å². The molecule has 0 spiro atoms. The van der Waals surface area contributed by atoms with Gasteiger partial charge in [0.25, 0.3) is 5.69 Å². The Hall–Kier alpha value is -1.82. The number of thiocarbonyl (C=S) groups is 1. The fraction of sp³-hybridized carbons (Fsp3) is 0.571. The third-order valence-electron chi connectivity index (χ3n) is 6.81. The Labute approximate surface area is 198 Å². The van der Waals surface area contributed by atoms with E-state index >= 15 is 0 Å². The molecule has 0 aromatic heterocycles. The normalized spacial score (nSPS) is 26.5. The molecule has 0 aliphatic carbocycles. The number of non-ortho nitro benzene ring substituents is 1. The molecule has 2 heterocycles. The van der Waals surface area contributed by atoms with Gasteiger partial charge in [-0.2, -0.15) is 0 Å². The van der Waals surface area contributed by atoms with Gasteiger partial charge in [-0.05, 0) is 30.6 Å². The maximum Gasteiger partial charge on any atom is 0.336 e. The maximum absolute atomic E-state index is 13.3. The fourth-order valence-corrected chi connectivity index (χ4v) is 7.45. The van der Waals surface area contributed by atoms with Crippen LogP contribution in [0.3, 0.4) is 0 Å². The number of nitro benzene ring substituents is 1. The van der Waals surface area contributed by atoms with Crippen molar-refractivity contribution in [3.05, 3.63) is 39.9 Å². The van der Waals surface area contributed by atoms with Gasteiger partial charge in [0.2, 0.25) is 5.91 Å². The Morgan fingerprint density at radius 2 is 1.94 bits per heavy atom. The molecule has 11 heteroatoms. The molecule has 2 fully saturated rings. The number of nitro groups is 1. The standard InChI is InChI=1S/C21H28N2O6S2Si/c1-12(29-32(5,6)20(2,3)4)15-16(24)22-17(15)31-19(30)21(22,18(25)26)11-13-7-9-14(10-8-13)23(27)28/h7-10,12,15,17H,11H2,1-6H3,(H,25,26)/t12?,15-,17-,21?/m1/s1. The third kappa shape index (κ3) is 3.89. The number of hydrogen-bond donors (Lipinski definition) is 1. The molecular weight excluding hydrogens is 468 g/mol. The fourth-order valence-electron chi connectivity index (χ4n) is 3.92. The molecule has 1 aromatic rings. The van der Waals surface area contributed by atoms with Crippen molar-refractivity contribution >= 4 is 54.1 Å². The summed E-state index contributed by atoms with van der Waals surface area (Å²) in [5.41, 5.74) is -1.19. The second-order valence-electron chi connectivity index (χ2n) is 9.88. The van der Waals surface area contributed by atoms with Crippen molar-refractivity contribution in [3.8, 4) is 0 Å². The highest BCUT2D eigenvalue weighted by Crippen LogP contribution is 2.53. The van der Waals surface area contributed by atoms with Crippen LogP contribution in [-0.4, -0.2) is 56.3 Å². The molecule has 2 aliphatic rings. The Morgan fingerprint density at radius 3 is 2.41 bits per heavy atom. The SMILES string of the molecule is CC(O[Si](C)(C)C(C)(C)C)[C@@H]1C(=O)N2[C@@H]1SC(=S)C2(Cc1ccc([N+](=O)[O-])cc1)C(=O)O. The summed E-state index contributed by atoms with van der Waals surface area (Å²) in [6, 6.07) is 5.66. The number of carboxylic acid groups (broad SMARTS) is 1. The van der Waals surface area contributed by atoms with Crippen LogP contribution in [0.25, 0.3) is 0 Å². The molecule has 1 aromatic carbocycles. The number of rotatable bonds is 7. The van der Waals surface area contributed by atoms with E-state index in [1.165, 1.54) is 40.9 Å². The number of amides is 1. The summed E-state index contributed by atoms with van der Waals surface area (Å²) in [7, 11) is -2.12. The number of benzene rings is 1. The first kappa shape index (κ1) is 24.8. The molecular formula is C21H28N2O6S2Si. The Kier molecular flexibility index (Phi) is 6.35. The number of β-lactam (4-membered cyclic amide) rings is 1. The smallest absolute Gasteiger partial charge is 0.336 e. The van der Waals surface area contributed by atoms with Gasteiger partial charge in [-0.25, -0.2) is 4.79 Å². The molecule has 32 heavy (non-hydrogen) atoms. The van der Waals surface area contributed by atoms with Gasteiger partial charge in [-0.15, -0.1) is 0 Å². The highest BCUT2D eigenvalue weighted by Gasteiger charge is 2.69. The highest BCUT2D eigenvalue weighted by molar-refractivity contribution is 8.24. The van der Waals surface area contributed by atoms with Gasteiger partial charge in [0, 0.05) is 18.6 Å². The summed E-state index contributed by atoms with van der Waals surface area (Å²) in [5.74, 6) is -1.94. The molecule has 0 radical (unpaired) electrons. The zero-order chi connectivity index (χ0) is 24.2. The maximum atomic E-state index is 13.3. The van der Waals surface area contributed by atoms with E-state index in [2.05, 4.69) is 33.9 Å². The monoisotopic (exact) mass is 496 g/mol. The summed E-state index contributed by atoms with van der Waals surface area (Å²) < 4.78 is 6.65. The lowest BCUT2D eigenvalue weighted by atomic mass is 9.82. The summed E-state index contributed by atoms with van der Waals surface area (Å²) in [4.78, 5) is 37.5. The van der Waals surface area contributed by atoms with Crippen LogP contribution in [0.1, 0.15) is 33.3 Å². The van der Waals surface area contributed by atoms with Crippen LogP contribution in [0.2, 0.25) is 18.1 Å². The molecule has 4 atom stereocenters. The van der Waals surface area contributed by atoms with E-state index in [0.29, 0.717) is 5.56 Å². The number of hydrogen-bond acceptors (Lipinski definition) is 7. The van der Waals surface area contributed by atoms with E-state index in [4.69, 9.17) is 16.6 Å². The van der Waals surface area contributed by atoms with Gasteiger partial charge in [0.1, 0.15) is 0 Å². The van der Waals surface area contributed by atoms with Crippen molar-refractivity contribution < 1.29 is 24.0 Å². The predicted molar refractivity (Wildman–Crippen MR) is 129 cm³/mol. The zero-order valence-corrected chi connectivity index (χ0v) is 21.6. The molecule has 174 valence electrons. The van der Waals surface area contributed by atoms with Crippen LogP contribution in [0.4, 0.5) is 5.69 Å². The van der Waals surface area contributed by atoms with Gasteiger partial charge in [0.05, 0.1) is 26.5 Å². The summed E-state index contributed by atoms with van der Waals surface area (Å²) in [5, 5.41) is 20.7. The molecule has 0 saturated carbocycles. The molecule has 0 bridgehead atoms. The number of carbonyl (C=O) groups is 2. The van der Waals surface area contributed by atoms with Crippen LogP contribution >= 0.6 is 24.0 Å². The quantitative estimate of drug-likeness (QED) is 0.196. The van der Waals surface area contributed by atoms with E-state index in [-0.39, 0.29) is 33.4 Å². The summed E-state index contributed by atoms with van der Waals surface area (Å²) >= 11 is 6.73. The number of fused-ring (bicyclic) bond motifs is 1. The predicted octanol–water partition coefficient (Wildman–Crippen LogP) is 4.23. The summed E-state index contributed by atoms with van der Waals surface area (Å²) in [6.45, 7) is 12.5. The Morgan fingerprint density at radius 1 is 1.38 bits per heavy atom. The third-order valence-corrected chi connectivity index (χ3v) is 13.3.